The molecule has 3 N–H and O–H groups in total. The van der Waals surface area contributed by atoms with Gasteiger partial charge in [0.1, 0.15) is 17.4 Å². The number of nitrogens with one attached hydrogen (secondary N) is 2. The first-order valence-corrected chi connectivity index (χ1v) is 9.18. The van der Waals surface area contributed by atoms with Crippen LogP contribution in [0, 0.1) is 21.4 Å². The van der Waals surface area contributed by atoms with Gasteiger partial charge in [0.05, 0.1) is 22.6 Å². The predicted octanol–water partition coefficient (Wildman–Crippen LogP) is 2.31. The molecule has 0 heterocycles. The molecule has 0 aromatic heterocycles. The second-order valence-electron chi connectivity index (χ2n) is 5.41. The number of nitrogens with zero attached hydrogens (tertiary/aromatic N) is 2. The van der Waals surface area contributed by atoms with Gasteiger partial charge in [-0.25, -0.2) is 0 Å². The maximum atomic E-state index is 12.2. The van der Waals surface area contributed by atoms with Crippen molar-refractivity contribution in [2.24, 2.45) is 0 Å². The lowest BCUT2D eigenvalue weighted by molar-refractivity contribution is -0.384. The minimum Gasteiger partial charge on any atom is -0.495 e. The zero-order valence-corrected chi connectivity index (χ0v) is 15.6. The van der Waals surface area contributed by atoms with E-state index < -0.39 is 20.9 Å². The Kier molecular flexibility index (Phi) is 6.50. The van der Waals surface area contributed by atoms with Crippen LogP contribution >= 0.6 is 0 Å². The van der Waals surface area contributed by atoms with Crippen LogP contribution in [-0.2, 0) is 14.9 Å². The Morgan fingerprint density at radius 2 is 1.93 bits per heavy atom. The number of nitriles is 1. The molecule has 0 aliphatic carbocycles. The third-order valence-corrected chi connectivity index (χ3v) is 4.41. The van der Waals surface area contributed by atoms with Crippen molar-refractivity contribution in [3.8, 4) is 11.8 Å². The van der Waals surface area contributed by atoms with E-state index in [4.69, 9.17) is 9.29 Å². The molecule has 2 aromatic rings. The van der Waals surface area contributed by atoms with Crippen molar-refractivity contribution in [1.29, 1.82) is 5.26 Å². The molecule has 11 nitrogen and oxygen atoms in total. The van der Waals surface area contributed by atoms with Gasteiger partial charge in [-0.1, -0.05) is 0 Å². The van der Waals surface area contributed by atoms with E-state index in [1.54, 1.807) is 6.07 Å². The minimum atomic E-state index is -4.37. The van der Waals surface area contributed by atoms with Crippen molar-refractivity contribution in [1.82, 2.24) is 0 Å². The maximum Gasteiger partial charge on any atom is 0.294 e. The van der Waals surface area contributed by atoms with E-state index >= 15 is 0 Å². The normalized spacial score (nSPS) is 11.3. The number of anilines is 2. The smallest absolute Gasteiger partial charge is 0.294 e. The molecule has 0 saturated heterocycles. The van der Waals surface area contributed by atoms with Gasteiger partial charge in [0, 0.05) is 24.0 Å². The molecule has 0 aliphatic rings. The third kappa shape index (κ3) is 5.51. The van der Waals surface area contributed by atoms with E-state index in [1.807, 2.05) is 0 Å². The fourth-order valence-corrected chi connectivity index (χ4v) is 2.61. The summed E-state index contributed by atoms with van der Waals surface area (Å²) in [5, 5.41) is 25.1. The number of amides is 1. The molecule has 0 atom stereocenters. The lowest BCUT2D eigenvalue weighted by Crippen LogP contribution is -2.14. The summed E-state index contributed by atoms with van der Waals surface area (Å²) < 4.78 is 36.0. The summed E-state index contributed by atoms with van der Waals surface area (Å²) >= 11 is 0. The molecule has 0 aliphatic heterocycles. The highest BCUT2D eigenvalue weighted by molar-refractivity contribution is 7.85. The standard InChI is InChI=1S/C17H14N4O7S/c1-28-16-7-4-13(21(23)24)8-15(16)19-10-11(9-18)17(22)20-12-2-5-14(6-3-12)29(25,26)27/h2-8,10,19H,1H3,(H,20,22)(H,25,26,27)/b11-10-. The van der Waals surface area contributed by atoms with E-state index in [9.17, 15) is 28.6 Å². The molecule has 29 heavy (non-hydrogen) atoms. The van der Waals surface area contributed by atoms with Gasteiger partial charge in [0.2, 0.25) is 0 Å². The number of rotatable bonds is 7. The molecule has 0 bridgehead atoms. The summed E-state index contributed by atoms with van der Waals surface area (Å²) in [5.41, 5.74) is -0.239. The number of non-ortho nitro benzene ring substituents is 1. The fourth-order valence-electron chi connectivity index (χ4n) is 2.13. The molecule has 0 fully saturated rings. The number of benzene rings is 2. The van der Waals surface area contributed by atoms with Crippen molar-refractivity contribution in [3.05, 3.63) is 64.4 Å². The number of hydrogen-bond donors (Lipinski definition) is 3. The van der Waals surface area contributed by atoms with Gasteiger partial charge in [-0.15, -0.1) is 0 Å². The van der Waals surface area contributed by atoms with Gasteiger partial charge in [-0.3, -0.25) is 19.5 Å². The summed E-state index contributed by atoms with van der Waals surface area (Å²) in [7, 11) is -3.02. The van der Waals surface area contributed by atoms with Crippen molar-refractivity contribution in [2.75, 3.05) is 17.7 Å². The molecular formula is C17H14N4O7S. The van der Waals surface area contributed by atoms with Crippen LogP contribution in [0.3, 0.4) is 0 Å². The lowest BCUT2D eigenvalue weighted by atomic mass is 10.2. The summed E-state index contributed by atoms with van der Waals surface area (Å²) in [5.74, 6) is -0.561. The molecule has 2 rings (SSSR count). The Hall–Kier alpha value is -3.95. The van der Waals surface area contributed by atoms with E-state index in [1.165, 1.54) is 37.4 Å². The van der Waals surface area contributed by atoms with Gasteiger partial charge in [-0.05, 0) is 30.3 Å². The van der Waals surface area contributed by atoms with E-state index in [0.29, 0.717) is 0 Å². The van der Waals surface area contributed by atoms with Gasteiger partial charge in [0.15, 0.2) is 0 Å². The molecule has 0 saturated carbocycles. The molecule has 150 valence electrons. The minimum absolute atomic E-state index is 0.166. The van der Waals surface area contributed by atoms with Crippen LogP contribution in [0.25, 0.3) is 0 Å². The third-order valence-electron chi connectivity index (χ3n) is 3.54. The van der Waals surface area contributed by atoms with Crippen molar-refractivity contribution in [2.45, 2.75) is 4.90 Å². The van der Waals surface area contributed by atoms with Gasteiger partial charge < -0.3 is 15.4 Å². The van der Waals surface area contributed by atoms with Gasteiger partial charge in [0.25, 0.3) is 21.7 Å². The largest absolute Gasteiger partial charge is 0.495 e. The molecule has 0 unspecified atom stereocenters. The number of carbonyl (C=O) groups is 1. The highest BCUT2D eigenvalue weighted by atomic mass is 32.2. The van der Waals surface area contributed by atoms with Crippen LogP contribution in [0.5, 0.6) is 5.75 Å². The first-order valence-electron chi connectivity index (χ1n) is 7.74. The first kappa shape index (κ1) is 21.4. The number of methoxy groups -OCH3 is 1. The summed E-state index contributed by atoms with van der Waals surface area (Å²) in [6.07, 6.45) is 1.05. The van der Waals surface area contributed by atoms with Crippen molar-refractivity contribution in [3.63, 3.8) is 0 Å². The Balaban J connectivity index is 2.20. The molecule has 12 heteroatoms. The molecular weight excluding hydrogens is 404 g/mol. The van der Waals surface area contributed by atoms with Crippen LogP contribution in [0.2, 0.25) is 0 Å². The lowest BCUT2D eigenvalue weighted by Gasteiger charge is -2.09. The number of hydrogen-bond acceptors (Lipinski definition) is 8. The number of nitro groups is 1. The van der Waals surface area contributed by atoms with Gasteiger partial charge >= 0.3 is 0 Å². The maximum absolute atomic E-state index is 12.2. The van der Waals surface area contributed by atoms with Crippen LogP contribution in [-0.4, -0.2) is 30.9 Å². The monoisotopic (exact) mass is 418 g/mol. The second kappa shape index (κ2) is 8.83. The molecule has 0 radical (unpaired) electrons. The summed E-state index contributed by atoms with van der Waals surface area (Å²) in [6, 6.07) is 10.1. The fraction of sp³-hybridized carbons (Fsp3) is 0.0588. The zero-order chi connectivity index (χ0) is 21.6. The van der Waals surface area contributed by atoms with Gasteiger partial charge in [-0.2, -0.15) is 13.7 Å². The van der Waals surface area contributed by atoms with Crippen molar-refractivity contribution < 1.29 is 27.4 Å². The van der Waals surface area contributed by atoms with Crippen LogP contribution in [0.15, 0.2) is 59.1 Å². The number of nitro benzene ring substituents is 1. The van der Waals surface area contributed by atoms with E-state index in [0.717, 1.165) is 18.3 Å². The topological polar surface area (TPSA) is 172 Å². The summed E-state index contributed by atoms with van der Waals surface area (Å²) in [4.78, 5) is 22.2. The van der Waals surface area contributed by atoms with Crippen LogP contribution in [0.1, 0.15) is 0 Å². The average molecular weight is 418 g/mol. The molecule has 0 spiro atoms. The Bertz CT molecular complexity index is 1120. The van der Waals surface area contributed by atoms with E-state index in [-0.39, 0.29) is 33.3 Å². The highest BCUT2D eigenvalue weighted by Crippen LogP contribution is 2.29. The Morgan fingerprint density at radius 3 is 2.45 bits per heavy atom. The molecule has 2 aromatic carbocycles. The predicted molar refractivity (Wildman–Crippen MR) is 102 cm³/mol. The number of ether oxygens (including phenoxy) is 1. The molecule has 1 amide bonds. The second-order valence-corrected chi connectivity index (χ2v) is 6.83. The highest BCUT2D eigenvalue weighted by Gasteiger charge is 2.14. The van der Waals surface area contributed by atoms with Crippen LogP contribution in [0.4, 0.5) is 17.1 Å². The Labute approximate surface area is 165 Å². The Morgan fingerprint density at radius 1 is 1.28 bits per heavy atom. The van der Waals surface area contributed by atoms with E-state index in [2.05, 4.69) is 10.6 Å². The summed E-state index contributed by atoms with van der Waals surface area (Å²) in [6.45, 7) is 0. The number of carbonyl (C=O) groups excluding carboxylic acids is 1. The van der Waals surface area contributed by atoms with Crippen LogP contribution < -0.4 is 15.4 Å². The average Bonchev–Trinajstić information content (AvgIpc) is 2.68. The first-order chi connectivity index (χ1) is 13.7. The SMILES string of the molecule is COc1ccc([N+](=O)[O-])cc1N/C=C(/C#N)C(=O)Nc1ccc(S(=O)(=O)O)cc1. The quantitative estimate of drug-likeness (QED) is 0.200. The zero-order valence-electron chi connectivity index (χ0n) is 14.8. The van der Waals surface area contributed by atoms with Crippen molar-refractivity contribution >= 4 is 33.1 Å².